The fraction of sp³-hybridized carbons (Fsp3) is 0.190. The van der Waals surface area contributed by atoms with Gasteiger partial charge in [-0.15, -0.1) is 11.3 Å². The molecule has 2 aromatic carbocycles. The highest BCUT2D eigenvalue weighted by atomic mass is 35.5. The largest absolute Gasteiger partial charge is 0.451 e. The number of esters is 1. The third kappa shape index (κ3) is 5.41. The number of rotatable bonds is 7. The molecule has 0 spiro atoms. The normalized spacial score (nSPS) is 11.6. The Morgan fingerprint density at radius 1 is 1.18 bits per heavy atom. The van der Waals surface area contributed by atoms with Crippen LogP contribution >= 0.6 is 22.9 Å². The number of aromatic nitrogens is 1. The van der Waals surface area contributed by atoms with Crippen molar-refractivity contribution in [1.29, 1.82) is 0 Å². The molecule has 0 aliphatic heterocycles. The molecular formula is C21H19ClN2O3S. The van der Waals surface area contributed by atoms with Gasteiger partial charge in [0.2, 0.25) is 0 Å². The lowest BCUT2D eigenvalue weighted by molar-refractivity contribution is -0.124. The first-order chi connectivity index (χ1) is 13.5. The van der Waals surface area contributed by atoms with Gasteiger partial charge in [-0.3, -0.25) is 4.79 Å². The van der Waals surface area contributed by atoms with Crippen molar-refractivity contribution in [3.8, 4) is 10.6 Å². The molecule has 0 radical (unpaired) electrons. The standard InChI is InChI=1S/C21H19ClN2O3S/c1-14(15-6-3-2-4-7-15)11-23-19(25)12-27-21(26)18-13-28-20(24-18)16-8-5-9-17(22)10-16/h2-10,13-14H,11-12H2,1H3,(H,23,25)/t14-/m0/s1. The first-order valence-electron chi connectivity index (χ1n) is 8.73. The smallest absolute Gasteiger partial charge is 0.358 e. The van der Waals surface area contributed by atoms with Crippen LogP contribution < -0.4 is 5.32 Å². The van der Waals surface area contributed by atoms with Crippen LogP contribution in [0.5, 0.6) is 0 Å². The van der Waals surface area contributed by atoms with Crippen LogP contribution in [0.4, 0.5) is 0 Å². The van der Waals surface area contributed by atoms with E-state index in [-0.39, 0.29) is 24.1 Å². The average Bonchev–Trinajstić information content (AvgIpc) is 3.21. The van der Waals surface area contributed by atoms with Crippen LogP contribution in [0, 0.1) is 0 Å². The number of thiazole rings is 1. The molecule has 1 amide bonds. The summed E-state index contributed by atoms with van der Waals surface area (Å²) in [6.07, 6.45) is 0. The van der Waals surface area contributed by atoms with Crippen LogP contribution in [0.1, 0.15) is 28.9 Å². The van der Waals surface area contributed by atoms with E-state index in [0.717, 1.165) is 11.1 Å². The van der Waals surface area contributed by atoms with Gasteiger partial charge in [0.15, 0.2) is 12.3 Å². The fourth-order valence-electron chi connectivity index (χ4n) is 2.54. The predicted molar refractivity (Wildman–Crippen MR) is 111 cm³/mol. The SMILES string of the molecule is C[C@@H](CNC(=O)COC(=O)c1csc(-c2cccc(Cl)c2)n1)c1ccccc1. The number of amides is 1. The molecule has 5 nitrogen and oxygen atoms in total. The van der Waals surface area contributed by atoms with Gasteiger partial charge in [-0.1, -0.05) is 61.0 Å². The molecule has 28 heavy (non-hydrogen) atoms. The quantitative estimate of drug-likeness (QED) is 0.576. The van der Waals surface area contributed by atoms with Crippen molar-refractivity contribution in [3.05, 3.63) is 76.3 Å². The summed E-state index contributed by atoms with van der Waals surface area (Å²) in [4.78, 5) is 28.4. The average molecular weight is 415 g/mol. The van der Waals surface area contributed by atoms with E-state index in [1.807, 2.05) is 49.4 Å². The van der Waals surface area contributed by atoms with Gasteiger partial charge < -0.3 is 10.1 Å². The molecule has 1 atom stereocenters. The topological polar surface area (TPSA) is 68.3 Å². The summed E-state index contributed by atoms with van der Waals surface area (Å²) in [6.45, 7) is 2.15. The van der Waals surface area contributed by atoms with Gasteiger partial charge in [-0.05, 0) is 23.6 Å². The molecule has 144 valence electrons. The lowest BCUT2D eigenvalue weighted by Gasteiger charge is -2.13. The third-order valence-electron chi connectivity index (χ3n) is 4.09. The highest BCUT2D eigenvalue weighted by Crippen LogP contribution is 2.26. The van der Waals surface area contributed by atoms with Crippen molar-refractivity contribution in [1.82, 2.24) is 10.3 Å². The summed E-state index contributed by atoms with van der Waals surface area (Å²) >= 11 is 7.29. The van der Waals surface area contributed by atoms with Crippen molar-refractivity contribution in [2.75, 3.05) is 13.2 Å². The van der Waals surface area contributed by atoms with Gasteiger partial charge in [-0.25, -0.2) is 9.78 Å². The summed E-state index contributed by atoms with van der Waals surface area (Å²) in [5, 5.41) is 5.64. The summed E-state index contributed by atoms with van der Waals surface area (Å²) in [6, 6.07) is 17.1. The Morgan fingerprint density at radius 3 is 2.71 bits per heavy atom. The summed E-state index contributed by atoms with van der Waals surface area (Å²) in [5.74, 6) is -0.808. The summed E-state index contributed by atoms with van der Waals surface area (Å²) in [5.41, 5.74) is 2.13. The number of carbonyl (C=O) groups excluding carboxylic acids is 2. The number of nitrogens with one attached hydrogen (secondary N) is 1. The molecule has 0 saturated heterocycles. The van der Waals surface area contributed by atoms with E-state index in [1.54, 1.807) is 17.5 Å². The first kappa shape index (κ1) is 20.0. The van der Waals surface area contributed by atoms with Gasteiger partial charge in [-0.2, -0.15) is 0 Å². The number of carbonyl (C=O) groups is 2. The minimum atomic E-state index is -0.629. The van der Waals surface area contributed by atoms with Crippen LogP contribution in [-0.4, -0.2) is 30.0 Å². The van der Waals surface area contributed by atoms with E-state index in [0.29, 0.717) is 16.6 Å². The maximum Gasteiger partial charge on any atom is 0.358 e. The van der Waals surface area contributed by atoms with E-state index < -0.39 is 5.97 Å². The van der Waals surface area contributed by atoms with E-state index in [2.05, 4.69) is 10.3 Å². The van der Waals surface area contributed by atoms with Crippen molar-refractivity contribution in [2.24, 2.45) is 0 Å². The van der Waals surface area contributed by atoms with Gasteiger partial charge in [0.1, 0.15) is 5.01 Å². The van der Waals surface area contributed by atoms with Crippen LogP contribution in [0.3, 0.4) is 0 Å². The molecular weight excluding hydrogens is 396 g/mol. The minimum absolute atomic E-state index is 0.166. The zero-order chi connectivity index (χ0) is 19.9. The Balaban J connectivity index is 1.48. The van der Waals surface area contributed by atoms with Crippen molar-refractivity contribution in [2.45, 2.75) is 12.8 Å². The zero-order valence-corrected chi connectivity index (χ0v) is 16.8. The molecule has 0 aliphatic carbocycles. The molecule has 0 saturated carbocycles. The maximum atomic E-state index is 12.1. The fourth-order valence-corrected chi connectivity index (χ4v) is 3.52. The highest BCUT2D eigenvalue weighted by Gasteiger charge is 2.15. The second-order valence-corrected chi connectivity index (χ2v) is 7.53. The van der Waals surface area contributed by atoms with Gasteiger partial charge in [0.05, 0.1) is 0 Å². The van der Waals surface area contributed by atoms with Crippen molar-refractivity contribution >= 4 is 34.8 Å². The Hall–Kier alpha value is -2.70. The zero-order valence-electron chi connectivity index (χ0n) is 15.2. The molecule has 1 aromatic heterocycles. The predicted octanol–water partition coefficient (Wildman–Crippen LogP) is 4.54. The third-order valence-corrected chi connectivity index (χ3v) is 5.22. The van der Waals surface area contributed by atoms with Gasteiger partial charge in [0, 0.05) is 22.5 Å². The van der Waals surface area contributed by atoms with Gasteiger partial charge >= 0.3 is 5.97 Å². The second-order valence-electron chi connectivity index (χ2n) is 6.24. The number of halogens is 1. The van der Waals surface area contributed by atoms with Crippen LogP contribution in [0.2, 0.25) is 5.02 Å². The molecule has 1 N–H and O–H groups in total. The van der Waals surface area contributed by atoms with Crippen LogP contribution in [-0.2, 0) is 9.53 Å². The summed E-state index contributed by atoms with van der Waals surface area (Å²) in [7, 11) is 0. The molecule has 0 unspecified atom stereocenters. The molecule has 7 heteroatoms. The maximum absolute atomic E-state index is 12.1. The Morgan fingerprint density at radius 2 is 1.96 bits per heavy atom. The van der Waals surface area contributed by atoms with E-state index in [4.69, 9.17) is 16.3 Å². The molecule has 0 bridgehead atoms. The lowest BCUT2D eigenvalue weighted by atomic mass is 10.0. The van der Waals surface area contributed by atoms with E-state index in [9.17, 15) is 9.59 Å². The molecule has 1 heterocycles. The monoisotopic (exact) mass is 414 g/mol. The number of ether oxygens (including phenoxy) is 1. The molecule has 3 rings (SSSR count). The van der Waals surface area contributed by atoms with E-state index in [1.165, 1.54) is 11.3 Å². The highest BCUT2D eigenvalue weighted by molar-refractivity contribution is 7.13. The van der Waals surface area contributed by atoms with Crippen molar-refractivity contribution in [3.63, 3.8) is 0 Å². The Kier molecular flexibility index (Phi) is 6.79. The van der Waals surface area contributed by atoms with Crippen LogP contribution in [0.25, 0.3) is 10.6 Å². The summed E-state index contributed by atoms with van der Waals surface area (Å²) < 4.78 is 5.07. The Bertz CT molecular complexity index is 959. The molecule has 0 fully saturated rings. The second kappa shape index (κ2) is 9.48. The van der Waals surface area contributed by atoms with Crippen molar-refractivity contribution < 1.29 is 14.3 Å². The first-order valence-corrected chi connectivity index (χ1v) is 9.99. The number of hydrogen-bond donors (Lipinski definition) is 1. The lowest BCUT2D eigenvalue weighted by Crippen LogP contribution is -2.31. The van der Waals surface area contributed by atoms with E-state index >= 15 is 0 Å². The van der Waals surface area contributed by atoms with Crippen LogP contribution in [0.15, 0.2) is 60.0 Å². The molecule has 0 aliphatic rings. The number of hydrogen-bond acceptors (Lipinski definition) is 5. The van der Waals surface area contributed by atoms with Gasteiger partial charge in [0.25, 0.3) is 5.91 Å². The number of nitrogens with zero attached hydrogens (tertiary/aromatic N) is 1. The number of benzene rings is 2. The molecule has 3 aromatic rings. The minimum Gasteiger partial charge on any atom is -0.451 e. The Labute approximate surface area is 172 Å².